The van der Waals surface area contributed by atoms with E-state index in [1.165, 1.54) is 17.5 Å². The van der Waals surface area contributed by atoms with E-state index < -0.39 is 0 Å². The van der Waals surface area contributed by atoms with Crippen molar-refractivity contribution >= 4 is 11.9 Å². The quantitative estimate of drug-likeness (QED) is 0.647. The first-order chi connectivity index (χ1) is 7.13. The first kappa shape index (κ1) is 12.0. The number of nitrogens with zero attached hydrogens (tertiary/aromatic N) is 1. The van der Waals surface area contributed by atoms with Crippen LogP contribution in [-0.4, -0.2) is 6.21 Å². The number of hydrogen-bond donors (Lipinski definition) is 0. The van der Waals surface area contributed by atoms with Crippen LogP contribution in [0.4, 0.5) is 5.69 Å². The van der Waals surface area contributed by atoms with Crippen LogP contribution in [0.1, 0.15) is 38.3 Å². The third kappa shape index (κ3) is 3.86. The molecule has 0 N–H and O–H groups in total. The Morgan fingerprint density at radius 2 is 2.07 bits per heavy atom. The highest BCUT2D eigenvalue weighted by Gasteiger charge is 2.02. The maximum absolute atomic E-state index is 4.42. The summed E-state index contributed by atoms with van der Waals surface area (Å²) >= 11 is 0. The Morgan fingerprint density at radius 3 is 2.67 bits per heavy atom. The number of benzene rings is 1. The molecule has 1 heteroatoms. The van der Waals surface area contributed by atoms with Crippen molar-refractivity contribution < 1.29 is 0 Å². The van der Waals surface area contributed by atoms with Gasteiger partial charge in [-0.1, -0.05) is 26.0 Å². The molecule has 0 atom stereocenters. The summed E-state index contributed by atoms with van der Waals surface area (Å²) in [5.74, 6) is 0.754. The standard InChI is InChI=1S/C14H21N/c1-5-15-14-10-12(4)7-9-13(14)8-6-11(2)3/h5,7,9-11H,6,8H2,1-4H3. The molecule has 0 fully saturated rings. The number of rotatable bonds is 4. The predicted molar refractivity (Wildman–Crippen MR) is 68.2 cm³/mol. The van der Waals surface area contributed by atoms with Crippen molar-refractivity contribution in [3.63, 3.8) is 0 Å². The van der Waals surface area contributed by atoms with Gasteiger partial charge >= 0.3 is 0 Å². The Kier molecular flexibility index (Phi) is 4.54. The molecule has 0 unspecified atom stereocenters. The van der Waals surface area contributed by atoms with Gasteiger partial charge in [-0.3, -0.25) is 4.99 Å². The molecule has 0 saturated heterocycles. The van der Waals surface area contributed by atoms with E-state index in [0.717, 1.165) is 18.0 Å². The molecule has 0 heterocycles. The second-order valence-electron chi connectivity index (χ2n) is 4.45. The smallest absolute Gasteiger partial charge is 0.0660 e. The number of aryl methyl sites for hydroxylation is 2. The fourth-order valence-electron chi connectivity index (χ4n) is 1.59. The van der Waals surface area contributed by atoms with Crippen LogP contribution in [0.3, 0.4) is 0 Å². The molecular formula is C14H21N. The number of aliphatic imine (C=N–C) groups is 1. The van der Waals surface area contributed by atoms with Crippen LogP contribution in [0.25, 0.3) is 0 Å². The minimum absolute atomic E-state index is 0.754. The lowest BCUT2D eigenvalue weighted by molar-refractivity contribution is 0.587. The van der Waals surface area contributed by atoms with E-state index in [4.69, 9.17) is 0 Å². The second-order valence-corrected chi connectivity index (χ2v) is 4.45. The molecule has 0 spiro atoms. The molecule has 0 aliphatic rings. The van der Waals surface area contributed by atoms with Gasteiger partial charge in [0.2, 0.25) is 0 Å². The highest BCUT2D eigenvalue weighted by molar-refractivity contribution is 5.63. The summed E-state index contributed by atoms with van der Waals surface area (Å²) < 4.78 is 0. The van der Waals surface area contributed by atoms with Crippen molar-refractivity contribution in [3.8, 4) is 0 Å². The SMILES string of the molecule is CC=Nc1cc(C)ccc1CCC(C)C. The van der Waals surface area contributed by atoms with E-state index >= 15 is 0 Å². The fraction of sp³-hybridized carbons (Fsp3) is 0.500. The van der Waals surface area contributed by atoms with Gasteiger partial charge in [-0.25, -0.2) is 0 Å². The van der Waals surface area contributed by atoms with E-state index in [-0.39, 0.29) is 0 Å². The molecule has 1 nitrogen and oxygen atoms in total. The average molecular weight is 203 g/mol. The van der Waals surface area contributed by atoms with Gasteiger partial charge < -0.3 is 0 Å². The lowest BCUT2D eigenvalue weighted by atomic mass is 10.0. The average Bonchev–Trinajstić information content (AvgIpc) is 2.17. The van der Waals surface area contributed by atoms with Crippen molar-refractivity contribution in [2.24, 2.45) is 10.9 Å². The van der Waals surface area contributed by atoms with Gasteiger partial charge in [0.05, 0.1) is 5.69 Å². The first-order valence-corrected chi connectivity index (χ1v) is 5.71. The molecule has 15 heavy (non-hydrogen) atoms. The Balaban J connectivity index is 2.85. The van der Waals surface area contributed by atoms with Crippen LogP contribution in [0.15, 0.2) is 23.2 Å². The summed E-state index contributed by atoms with van der Waals surface area (Å²) in [6.07, 6.45) is 4.23. The molecule has 0 aliphatic heterocycles. The van der Waals surface area contributed by atoms with Gasteiger partial charge in [0.15, 0.2) is 0 Å². The molecule has 1 aromatic carbocycles. The Hall–Kier alpha value is -1.11. The van der Waals surface area contributed by atoms with Crippen LogP contribution in [0.2, 0.25) is 0 Å². The van der Waals surface area contributed by atoms with Gasteiger partial charge in [-0.2, -0.15) is 0 Å². The van der Waals surface area contributed by atoms with Crippen LogP contribution in [0, 0.1) is 12.8 Å². The molecule has 0 aliphatic carbocycles. The predicted octanol–water partition coefficient (Wildman–Crippen LogP) is 4.31. The Bertz CT molecular complexity index is 337. The summed E-state index contributed by atoms with van der Waals surface area (Å²) in [4.78, 5) is 4.42. The molecule has 1 rings (SSSR count). The van der Waals surface area contributed by atoms with Crippen molar-refractivity contribution in [1.82, 2.24) is 0 Å². The van der Waals surface area contributed by atoms with Crippen LogP contribution in [-0.2, 0) is 6.42 Å². The van der Waals surface area contributed by atoms with Gasteiger partial charge in [0.25, 0.3) is 0 Å². The van der Waals surface area contributed by atoms with E-state index in [2.05, 4.69) is 44.0 Å². The van der Waals surface area contributed by atoms with Crippen molar-refractivity contribution in [3.05, 3.63) is 29.3 Å². The Labute approximate surface area is 93.2 Å². The summed E-state index contributed by atoms with van der Waals surface area (Å²) in [5.41, 5.74) is 3.79. The lowest BCUT2D eigenvalue weighted by Gasteiger charge is -2.08. The third-order valence-electron chi connectivity index (χ3n) is 2.50. The van der Waals surface area contributed by atoms with Gasteiger partial charge in [0.1, 0.15) is 0 Å². The summed E-state index contributed by atoms with van der Waals surface area (Å²) in [6.45, 7) is 8.60. The Morgan fingerprint density at radius 1 is 1.33 bits per heavy atom. The maximum atomic E-state index is 4.42. The highest BCUT2D eigenvalue weighted by atomic mass is 14.7. The molecule has 0 amide bonds. The molecule has 82 valence electrons. The molecule has 0 radical (unpaired) electrons. The second kappa shape index (κ2) is 5.69. The van der Waals surface area contributed by atoms with E-state index in [9.17, 15) is 0 Å². The largest absolute Gasteiger partial charge is 0.261 e. The van der Waals surface area contributed by atoms with Crippen LogP contribution < -0.4 is 0 Å². The molecule has 0 bridgehead atoms. The highest BCUT2D eigenvalue weighted by Crippen LogP contribution is 2.23. The van der Waals surface area contributed by atoms with E-state index in [1.54, 1.807) is 0 Å². The first-order valence-electron chi connectivity index (χ1n) is 5.71. The topological polar surface area (TPSA) is 12.4 Å². The van der Waals surface area contributed by atoms with E-state index in [0.29, 0.717) is 0 Å². The van der Waals surface area contributed by atoms with Crippen molar-refractivity contribution in [1.29, 1.82) is 0 Å². The van der Waals surface area contributed by atoms with Crippen molar-refractivity contribution in [2.45, 2.75) is 40.5 Å². The third-order valence-corrected chi connectivity index (χ3v) is 2.50. The summed E-state index contributed by atoms with van der Waals surface area (Å²) in [7, 11) is 0. The monoisotopic (exact) mass is 203 g/mol. The molecule has 0 aromatic heterocycles. The molecule has 1 aromatic rings. The van der Waals surface area contributed by atoms with Crippen LogP contribution in [0.5, 0.6) is 0 Å². The van der Waals surface area contributed by atoms with Gasteiger partial charge in [-0.15, -0.1) is 0 Å². The van der Waals surface area contributed by atoms with Crippen molar-refractivity contribution in [2.75, 3.05) is 0 Å². The molecule has 0 saturated carbocycles. The maximum Gasteiger partial charge on any atom is 0.0660 e. The lowest BCUT2D eigenvalue weighted by Crippen LogP contribution is -1.93. The normalized spacial score (nSPS) is 11.5. The summed E-state index contributed by atoms with van der Waals surface area (Å²) in [6, 6.07) is 6.54. The molecular weight excluding hydrogens is 182 g/mol. The van der Waals surface area contributed by atoms with Gasteiger partial charge in [0, 0.05) is 6.21 Å². The zero-order valence-electron chi connectivity index (χ0n) is 10.2. The van der Waals surface area contributed by atoms with Crippen LogP contribution >= 0.6 is 0 Å². The minimum Gasteiger partial charge on any atom is -0.261 e. The minimum atomic E-state index is 0.754. The van der Waals surface area contributed by atoms with Gasteiger partial charge in [-0.05, 0) is 49.8 Å². The zero-order chi connectivity index (χ0) is 11.3. The van der Waals surface area contributed by atoms with E-state index in [1.807, 2.05) is 13.1 Å². The summed E-state index contributed by atoms with van der Waals surface area (Å²) in [5, 5.41) is 0. The zero-order valence-corrected chi connectivity index (χ0v) is 10.2. The fourth-order valence-corrected chi connectivity index (χ4v) is 1.59. The number of hydrogen-bond acceptors (Lipinski definition) is 1.